The van der Waals surface area contributed by atoms with Crippen LogP contribution in [0.1, 0.15) is 31.2 Å². The molecule has 1 aromatic rings. The molecular weight excluding hydrogens is 242 g/mol. The second-order valence-electron chi connectivity index (χ2n) is 4.94. The molecule has 1 heterocycles. The lowest BCUT2D eigenvalue weighted by Crippen LogP contribution is -2.45. The van der Waals surface area contributed by atoms with Gasteiger partial charge in [0.15, 0.2) is 0 Å². The monoisotopic (exact) mass is 261 g/mol. The van der Waals surface area contributed by atoms with Gasteiger partial charge < -0.3 is 16.4 Å². The first-order valence-electron chi connectivity index (χ1n) is 6.47. The lowest BCUT2D eigenvalue weighted by molar-refractivity contribution is -0.136. The summed E-state index contributed by atoms with van der Waals surface area (Å²) in [6.07, 6.45) is 0.956. The number of hydrogen-bond donors (Lipinski definition) is 2. The highest BCUT2D eigenvalue weighted by molar-refractivity contribution is 5.88. The fourth-order valence-electron chi connectivity index (χ4n) is 2.64. The van der Waals surface area contributed by atoms with Crippen molar-refractivity contribution in [3.05, 3.63) is 29.8 Å². The van der Waals surface area contributed by atoms with E-state index in [0.717, 1.165) is 5.56 Å². The van der Waals surface area contributed by atoms with Crippen molar-refractivity contribution in [1.29, 1.82) is 0 Å². The molecule has 2 unspecified atom stereocenters. The highest BCUT2D eigenvalue weighted by atomic mass is 16.2. The van der Waals surface area contributed by atoms with Gasteiger partial charge in [0.25, 0.3) is 0 Å². The Morgan fingerprint density at radius 1 is 1.53 bits per heavy atom. The van der Waals surface area contributed by atoms with Gasteiger partial charge in [0.05, 0.1) is 0 Å². The van der Waals surface area contributed by atoms with Crippen LogP contribution in [0.15, 0.2) is 24.3 Å². The molecule has 1 aromatic carbocycles. The zero-order valence-electron chi connectivity index (χ0n) is 11.0. The molecule has 4 N–H and O–H groups in total. The van der Waals surface area contributed by atoms with E-state index in [0.29, 0.717) is 25.1 Å². The van der Waals surface area contributed by atoms with Crippen molar-refractivity contribution in [3.8, 4) is 0 Å². The predicted octanol–water partition coefficient (Wildman–Crippen LogP) is 0.849. The van der Waals surface area contributed by atoms with Crippen LogP contribution in [-0.4, -0.2) is 29.3 Å². The molecule has 1 aliphatic rings. The summed E-state index contributed by atoms with van der Waals surface area (Å²) in [7, 11) is 0. The summed E-state index contributed by atoms with van der Waals surface area (Å²) in [4.78, 5) is 25.0. The minimum atomic E-state index is -0.501. The van der Waals surface area contributed by atoms with E-state index in [9.17, 15) is 9.59 Å². The smallest absolute Gasteiger partial charge is 0.240 e. The van der Waals surface area contributed by atoms with E-state index in [-0.39, 0.29) is 11.8 Å². The van der Waals surface area contributed by atoms with Crippen LogP contribution in [0.3, 0.4) is 0 Å². The largest absolute Gasteiger partial charge is 0.399 e. The van der Waals surface area contributed by atoms with Crippen molar-refractivity contribution in [3.63, 3.8) is 0 Å². The maximum Gasteiger partial charge on any atom is 0.240 e. The van der Waals surface area contributed by atoms with Crippen molar-refractivity contribution < 1.29 is 9.59 Å². The third-order valence-corrected chi connectivity index (χ3v) is 3.63. The Balaban J connectivity index is 2.17. The van der Waals surface area contributed by atoms with Gasteiger partial charge in [0.2, 0.25) is 11.8 Å². The van der Waals surface area contributed by atoms with E-state index in [1.807, 2.05) is 31.2 Å². The number of carbonyl (C=O) groups is 2. The van der Waals surface area contributed by atoms with Crippen molar-refractivity contribution in [1.82, 2.24) is 4.90 Å². The molecule has 0 aliphatic carbocycles. The Labute approximate surface area is 112 Å². The summed E-state index contributed by atoms with van der Waals surface area (Å²) in [6.45, 7) is 2.39. The van der Waals surface area contributed by atoms with E-state index >= 15 is 0 Å². The van der Waals surface area contributed by atoms with Gasteiger partial charge in [-0.3, -0.25) is 9.59 Å². The van der Waals surface area contributed by atoms with Crippen LogP contribution in [0.4, 0.5) is 5.69 Å². The third kappa shape index (κ3) is 2.70. The number of benzene rings is 1. The second-order valence-corrected chi connectivity index (χ2v) is 4.94. The molecule has 1 fully saturated rings. The maximum atomic E-state index is 12.0. The first-order valence-corrected chi connectivity index (χ1v) is 6.47. The Morgan fingerprint density at radius 2 is 2.26 bits per heavy atom. The quantitative estimate of drug-likeness (QED) is 0.787. The number of hydrogen-bond acceptors (Lipinski definition) is 3. The van der Waals surface area contributed by atoms with Gasteiger partial charge in [-0.2, -0.15) is 0 Å². The molecule has 19 heavy (non-hydrogen) atoms. The Hall–Kier alpha value is -2.04. The molecule has 1 saturated heterocycles. The van der Waals surface area contributed by atoms with Gasteiger partial charge in [-0.1, -0.05) is 19.1 Å². The average molecular weight is 261 g/mol. The molecule has 2 atom stereocenters. The van der Waals surface area contributed by atoms with E-state index in [1.54, 1.807) is 4.90 Å². The number of nitrogen functional groups attached to an aromatic ring is 1. The Morgan fingerprint density at radius 3 is 2.84 bits per heavy atom. The van der Waals surface area contributed by atoms with E-state index in [1.165, 1.54) is 0 Å². The van der Waals surface area contributed by atoms with Crippen molar-refractivity contribution >= 4 is 17.5 Å². The standard InChI is InChI=1S/C14H19N3O2/c1-2-12(14(16)19)17-8-10(7-13(17)18)9-4-3-5-11(15)6-9/h3-6,10,12H,2,7-8,15H2,1H3,(H2,16,19). The van der Waals surface area contributed by atoms with Crippen LogP contribution in [0.25, 0.3) is 0 Å². The van der Waals surface area contributed by atoms with Gasteiger partial charge in [-0.05, 0) is 24.1 Å². The van der Waals surface area contributed by atoms with Crippen LogP contribution in [0.5, 0.6) is 0 Å². The molecule has 1 aliphatic heterocycles. The molecule has 102 valence electrons. The third-order valence-electron chi connectivity index (χ3n) is 3.63. The van der Waals surface area contributed by atoms with Gasteiger partial charge in [-0.25, -0.2) is 0 Å². The first-order chi connectivity index (χ1) is 9.02. The Kier molecular flexibility index (Phi) is 3.74. The number of nitrogens with two attached hydrogens (primary N) is 2. The first kappa shape index (κ1) is 13.4. The number of anilines is 1. The zero-order valence-corrected chi connectivity index (χ0v) is 11.0. The van der Waals surface area contributed by atoms with Gasteiger partial charge in [-0.15, -0.1) is 0 Å². The minimum Gasteiger partial charge on any atom is -0.399 e. The van der Waals surface area contributed by atoms with Crippen LogP contribution in [0.2, 0.25) is 0 Å². The molecule has 0 aromatic heterocycles. The highest BCUT2D eigenvalue weighted by Gasteiger charge is 2.36. The zero-order chi connectivity index (χ0) is 14.0. The number of amides is 2. The SMILES string of the molecule is CCC(C(N)=O)N1CC(c2cccc(N)c2)CC1=O. The molecule has 2 amide bonds. The molecule has 5 heteroatoms. The molecule has 0 saturated carbocycles. The number of rotatable bonds is 4. The summed E-state index contributed by atoms with van der Waals surface area (Å²) < 4.78 is 0. The number of nitrogens with zero attached hydrogens (tertiary/aromatic N) is 1. The van der Waals surface area contributed by atoms with E-state index in [4.69, 9.17) is 11.5 Å². The molecular formula is C14H19N3O2. The summed E-state index contributed by atoms with van der Waals surface area (Å²) in [5.41, 5.74) is 12.8. The predicted molar refractivity (Wildman–Crippen MR) is 73.2 cm³/mol. The summed E-state index contributed by atoms with van der Waals surface area (Å²) >= 11 is 0. The lowest BCUT2D eigenvalue weighted by Gasteiger charge is -2.24. The number of likely N-dealkylation sites (tertiary alicyclic amines) is 1. The molecule has 2 rings (SSSR count). The maximum absolute atomic E-state index is 12.0. The molecule has 0 spiro atoms. The molecule has 5 nitrogen and oxygen atoms in total. The highest BCUT2D eigenvalue weighted by Crippen LogP contribution is 2.30. The summed E-state index contributed by atoms with van der Waals surface area (Å²) in [5.74, 6) is -0.369. The van der Waals surface area contributed by atoms with Crippen LogP contribution in [0, 0.1) is 0 Å². The average Bonchev–Trinajstić information content (AvgIpc) is 2.72. The summed E-state index contributed by atoms with van der Waals surface area (Å²) in [6, 6.07) is 7.04. The lowest BCUT2D eigenvalue weighted by atomic mass is 9.98. The van der Waals surface area contributed by atoms with Gasteiger partial charge in [0, 0.05) is 24.6 Å². The normalized spacial score (nSPS) is 20.6. The second kappa shape index (κ2) is 5.30. The topological polar surface area (TPSA) is 89.4 Å². The number of carbonyl (C=O) groups excluding carboxylic acids is 2. The van der Waals surface area contributed by atoms with Gasteiger partial charge >= 0.3 is 0 Å². The van der Waals surface area contributed by atoms with Gasteiger partial charge in [0.1, 0.15) is 6.04 Å². The molecule has 0 radical (unpaired) electrons. The van der Waals surface area contributed by atoms with E-state index < -0.39 is 11.9 Å². The van der Waals surface area contributed by atoms with Crippen LogP contribution >= 0.6 is 0 Å². The van der Waals surface area contributed by atoms with Crippen LogP contribution in [-0.2, 0) is 9.59 Å². The minimum absolute atomic E-state index is 0.0157. The van der Waals surface area contributed by atoms with Crippen molar-refractivity contribution in [2.24, 2.45) is 5.73 Å². The number of primary amides is 1. The van der Waals surface area contributed by atoms with Crippen molar-refractivity contribution in [2.45, 2.75) is 31.7 Å². The van der Waals surface area contributed by atoms with Crippen LogP contribution < -0.4 is 11.5 Å². The Bertz CT molecular complexity index is 501. The molecule has 0 bridgehead atoms. The fourth-order valence-corrected chi connectivity index (χ4v) is 2.64. The fraction of sp³-hybridized carbons (Fsp3) is 0.429. The summed E-state index contributed by atoms with van der Waals surface area (Å²) in [5, 5.41) is 0. The van der Waals surface area contributed by atoms with Crippen molar-refractivity contribution in [2.75, 3.05) is 12.3 Å². The van der Waals surface area contributed by atoms with E-state index in [2.05, 4.69) is 0 Å².